The molecule has 2 amide bonds. The second kappa shape index (κ2) is 7.50. The summed E-state index contributed by atoms with van der Waals surface area (Å²) in [5, 5.41) is 14.7. The number of hydrogen-bond donors (Lipinski definition) is 3. The third-order valence-electron chi connectivity index (χ3n) is 3.34. The van der Waals surface area contributed by atoms with Crippen molar-refractivity contribution in [2.45, 2.75) is 57.2 Å². The van der Waals surface area contributed by atoms with Crippen LogP contribution >= 0.6 is 0 Å². The molecule has 0 aromatic heterocycles. The zero-order valence-electron chi connectivity index (χ0n) is 10.7. The van der Waals surface area contributed by atoms with Gasteiger partial charge in [0.15, 0.2) is 0 Å². The van der Waals surface area contributed by atoms with Gasteiger partial charge in [-0.15, -0.1) is 0 Å². The molecule has 3 N–H and O–H groups in total. The zero-order valence-corrected chi connectivity index (χ0v) is 10.7. The number of urea groups is 1. The van der Waals surface area contributed by atoms with Gasteiger partial charge in [-0.25, -0.2) is 4.79 Å². The molecule has 100 valence electrons. The Hall–Kier alpha value is -0.810. The third-order valence-corrected chi connectivity index (χ3v) is 3.34. The van der Waals surface area contributed by atoms with Crippen LogP contribution in [-0.4, -0.2) is 43.0 Å². The van der Waals surface area contributed by atoms with Crippen LogP contribution in [0.1, 0.15) is 39.0 Å². The Balaban J connectivity index is 2.30. The third kappa shape index (κ3) is 4.91. The van der Waals surface area contributed by atoms with Crippen molar-refractivity contribution in [2.24, 2.45) is 0 Å². The average Bonchev–Trinajstić information content (AvgIpc) is 2.36. The molecule has 3 atom stereocenters. The molecule has 5 heteroatoms. The Morgan fingerprint density at radius 1 is 1.53 bits per heavy atom. The van der Waals surface area contributed by atoms with Crippen molar-refractivity contribution in [3.8, 4) is 0 Å². The van der Waals surface area contributed by atoms with Crippen molar-refractivity contribution in [1.29, 1.82) is 0 Å². The minimum absolute atomic E-state index is 0.0186. The van der Waals surface area contributed by atoms with E-state index in [4.69, 9.17) is 9.84 Å². The van der Waals surface area contributed by atoms with Crippen LogP contribution in [0.15, 0.2) is 0 Å². The molecule has 0 spiro atoms. The molecule has 0 aromatic rings. The highest BCUT2D eigenvalue weighted by atomic mass is 16.5. The standard InChI is InChI=1S/C12H24N2O3/c1-3-9(8-15)13-12(16)14-10-5-4-6-11(7-10)17-2/h9-11,15H,3-8H2,1-2H3,(H2,13,14,16)/t9-,10-,11+/m0/s1. The van der Waals surface area contributed by atoms with Crippen LogP contribution in [0.4, 0.5) is 4.79 Å². The number of aliphatic hydroxyl groups is 1. The molecule has 0 aromatic carbocycles. The SMILES string of the molecule is CC[C@@H](CO)NC(=O)N[C@H]1CCC[C@@H](OC)C1. The van der Waals surface area contributed by atoms with Crippen molar-refractivity contribution in [1.82, 2.24) is 10.6 Å². The summed E-state index contributed by atoms with van der Waals surface area (Å²) >= 11 is 0. The lowest BCUT2D eigenvalue weighted by Gasteiger charge is -2.29. The molecule has 17 heavy (non-hydrogen) atoms. The normalized spacial score (nSPS) is 26.3. The number of methoxy groups -OCH3 is 1. The van der Waals surface area contributed by atoms with Crippen LogP contribution in [0.5, 0.6) is 0 Å². The molecule has 1 saturated carbocycles. The minimum Gasteiger partial charge on any atom is -0.394 e. The zero-order chi connectivity index (χ0) is 12.7. The van der Waals surface area contributed by atoms with Crippen molar-refractivity contribution >= 4 is 6.03 Å². The minimum atomic E-state index is -0.187. The molecule has 0 saturated heterocycles. The smallest absolute Gasteiger partial charge is 0.315 e. The summed E-state index contributed by atoms with van der Waals surface area (Å²) in [7, 11) is 1.71. The van der Waals surface area contributed by atoms with E-state index in [9.17, 15) is 4.79 Å². The molecule has 0 bridgehead atoms. The van der Waals surface area contributed by atoms with Gasteiger partial charge in [0, 0.05) is 13.2 Å². The highest BCUT2D eigenvalue weighted by Gasteiger charge is 2.23. The highest BCUT2D eigenvalue weighted by molar-refractivity contribution is 5.74. The number of carbonyl (C=O) groups excluding carboxylic acids is 1. The first kappa shape index (κ1) is 14.3. The van der Waals surface area contributed by atoms with Crippen LogP contribution in [0.3, 0.4) is 0 Å². The molecule has 1 aliphatic rings. The van der Waals surface area contributed by atoms with Crippen LogP contribution in [0.25, 0.3) is 0 Å². The van der Waals surface area contributed by atoms with Gasteiger partial charge in [-0.3, -0.25) is 0 Å². The Bertz CT molecular complexity index is 232. The van der Waals surface area contributed by atoms with E-state index in [0.717, 1.165) is 32.1 Å². The lowest BCUT2D eigenvalue weighted by molar-refractivity contribution is 0.0602. The van der Waals surface area contributed by atoms with Crippen molar-refractivity contribution in [3.05, 3.63) is 0 Å². The number of carbonyl (C=O) groups is 1. The summed E-state index contributed by atoms with van der Waals surface area (Å²) in [5.74, 6) is 0. The van der Waals surface area contributed by atoms with E-state index >= 15 is 0 Å². The van der Waals surface area contributed by atoms with E-state index < -0.39 is 0 Å². The summed E-state index contributed by atoms with van der Waals surface area (Å²) in [5.41, 5.74) is 0. The molecule has 0 heterocycles. The number of amides is 2. The molecule has 0 aliphatic heterocycles. The first-order valence-corrected chi connectivity index (χ1v) is 6.40. The predicted octanol–water partition coefficient (Wildman–Crippen LogP) is 1.01. The molecule has 1 fully saturated rings. The number of hydrogen-bond acceptors (Lipinski definition) is 3. The van der Waals surface area contributed by atoms with E-state index in [1.807, 2.05) is 6.92 Å². The lowest BCUT2D eigenvalue weighted by Crippen LogP contribution is -2.49. The van der Waals surface area contributed by atoms with Crippen LogP contribution in [0.2, 0.25) is 0 Å². The Labute approximate surface area is 103 Å². The van der Waals surface area contributed by atoms with Gasteiger partial charge in [0.05, 0.1) is 18.8 Å². The molecule has 0 radical (unpaired) electrons. The maximum Gasteiger partial charge on any atom is 0.315 e. The molecule has 1 rings (SSSR count). The number of aliphatic hydroxyl groups excluding tert-OH is 1. The molecule has 5 nitrogen and oxygen atoms in total. The number of rotatable bonds is 5. The summed E-state index contributed by atoms with van der Waals surface area (Å²) in [4.78, 5) is 11.7. The first-order valence-electron chi connectivity index (χ1n) is 6.40. The summed E-state index contributed by atoms with van der Waals surface area (Å²) in [6, 6.07) is -0.158. The van der Waals surface area contributed by atoms with Gasteiger partial charge < -0.3 is 20.5 Å². The fourth-order valence-corrected chi connectivity index (χ4v) is 2.18. The largest absolute Gasteiger partial charge is 0.394 e. The second-order valence-electron chi connectivity index (χ2n) is 4.63. The highest BCUT2D eigenvalue weighted by Crippen LogP contribution is 2.20. The van der Waals surface area contributed by atoms with Gasteiger partial charge in [-0.05, 0) is 32.1 Å². The summed E-state index contributed by atoms with van der Waals surface area (Å²) in [6.07, 6.45) is 5.03. The topological polar surface area (TPSA) is 70.6 Å². The maximum atomic E-state index is 11.7. The van der Waals surface area contributed by atoms with Gasteiger partial charge >= 0.3 is 6.03 Å². The van der Waals surface area contributed by atoms with Crippen molar-refractivity contribution in [3.63, 3.8) is 0 Å². The summed E-state index contributed by atoms with van der Waals surface area (Å²) < 4.78 is 5.31. The molecule has 0 unspecified atom stereocenters. The fourth-order valence-electron chi connectivity index (χ4n) is 2.18. The first-order chi connectivity index (χ1) is 8.19. The second-order valence-corrected chi connectivity index (χ2v) is 4.63. The Morgan fingerprint density at radius 3 is 2.88 bits per heavy atom. The van der Waals surface area contributed by atoms with Crippen molar-refractivity contribution in [2.75, 3.05) is 13.7 Å². The molecule has 1 aliphatic carbocycles. The van der Waals surface area contributed by atoms with E-state index in [-0.39, 0.29) is 30.8 Å². The van der Waals surface area contributed by atoms with Crippen LogP contribution < -0.4 is 10.6 Å². The molecular formula is C12H24N2O3. The van der Waals surface area contributed by atoms with Crippen molar-refractivity contribution < 1.29 is 14.6 Å². The Morgan fingerprint density at radius 2 is 2.29 bits per heavy atom. The van der Waals surface area contributed by atoms with Gasteiger partial charge in [-0.2, -0.15) is 0 Å². The number of ether oxygens (including phenoxy) is 1. The Kier molecular flexibility index (Phi) is 6.29. The van der Waals surface area contributed by atoms with Crippen LogP contribution in [0, 0.1) is 0 Å². The van der Waals surface area contributed by atoms with Crippen LogP contribution in [-0.2, 0) is 4.74 Å². The average molecular weight is 244 g/mol. The monoisotopic (exact) mass is 244 g/mol. The fraction of sp³-hybridized carbons (Fsp3) is 0.917. The van der Waals surface area contributed by atoms with Gasteiger partial charge in [0.25, 0.3) is 0 Å². The quantitative estimate of drug-likeness (QED) is 0.676. The maximum absolute atomic E-state index is 11.7. The van der Waals surface area contributed by atoms with Gasteiger partial charge in [0.1, 0.15) is 0 Å². The van der Waals surface area contributed by atoms with E-state index in [0.29, 0.717) is 0 Å². The lowest BCUT2D eigenvalue weighted by atomic mass is 9.93. The molecular weight excluding hydrogens is 220 g/mol. The van der Waals surface area contributed by atoms with E-state index in [2.05, 4.69) is 10.6 Å². The predicted molar refractivity (Wildman–Crippen MR) is 65.9 cm³/mol. The number of nitrogens with one attached hydrogen (secondary N) is 2. The summed E-state index contributed by atoms with van der Waals surface area (Å²) in [6.45, 7) is 1.91. The van der Waals surface area contributed by atoms with E-state index in [1.165, 1.54) is 0 Å². The van der Waals surface area contributed by atoms with E-state index in [1.54, 1.807) is 7.11 Å². The van der Waals surface area contributed by atoms with Gasteiger partial charge in [0.2, 0.25) is 0 Å². The van der Waals surface area contributed by atoms with Gasteiger partial charge in [-0.1, -0.05) is 6.92 Å².